The number of aromatic nitrogens is 1. The molecule has 1 N–H and O–H groups in total. The van der Waals surface area contributed by atoms with Crippen molar-refractivity contribution in [2.75, 3.05) is 7.05 Å². The molecule has 7 heteroatoms. The van der Waals surface area contributed by atoms with Crippen LogP contribution in [-0.2, 0) is 24.2 Å². The lowest BCUT2D eigenvalue weighted by Crippen LogP contribution is -2.43. The van der Waals surface area contributed by atoms with Crippen LogP contribution in [0.5, 0.6) is 0 Å². The molecule has 3 aliphatic rings. The molecule has 25 heavy (non-hydrogen) atoms. The zero-order valence-corrected chi connectivity index (χ0v) is 17.3. The molecule has 1 aromatic rings. The van der Waals surface area contributed by atoms with E-state index < -0.39 is 0 Å². The third kappa shape index (κ3) is 4.49. The molecule has 1 aromatic heterocycles. The number of thiazole rings is 1. The zero-order valence-electron chi connectivity index (χ0n) is 14.8. The Hall–Kier alpha value is -0.360. The first-order valence-corrected chi connectivity index (χ1v) is 10.0. The highest BCUT2D eigenvalue weighted by molar-refractivity contribution is 7.11. The molecule has 142 valence electrons. The van der Waals surface area contributed by atoms with E-state index in [1.54, 1.807) is 0 Å². The average Bonchev–Trinajstić information content (AvgIpc) is 3.16. The third-order valence-corrected chi connectivity index (χ3v) is 6.94. The van der Waals surface area contributed by atoms with Crippen molar-refractivity contribution in [3.8, 4) is 0 Å². The van der Waals surface area contributed by atoms with E-state index >= 15 is 0 Å². The van der Waals surface area contributed by atoms with E-state index in [4.69, 9.17) is 4.98 Å². The highest BCUT2D eigenvalue weighted by Crippen LogP contribution is 2.34. The van der Waals surface area contributed by atoms with Crippen LogP contribution in [0.25, 0.3) is 0 Å². The number of fused-ring (bicyclic) bond motifs is 2. The maximum Gasteiger partial charge on any atom is 0.239 e. The molecule has 0 radical (unpaired) electrons. The number of carbonyl (C=O) groups excluding carboxylic acids is 1. The first kappa shape index (κ1) is 20.9. The summed E-state index contributed by atoms with van der Waals surface area (Å²) < 4.78 is 0. The van der Waals surface area contributed by atoms with Gasteiger partial charge in [-0.2, -0.15) is 0 Å². The number of hydrogen-bond donors (Lipinski definition) is 1. The minimum Gasteiger partial charge on any atom is -0.338 e. The van der Waals surface area contributed by atoms with Crippen molar-refractivity contribution in [3.63, 3.8) is 0 Å². The lowest BCUT2D eigenvalue weighted by atomic mass is 9.85. The monoisotopic (exact) mass is 405 g/mol. The maximum absolute atomic E-state index is 12.8. The SMILES string of the molecule is CN(Cc1nc2c(s1)CCCC2)C(=O)C1CC2CCCCC2N1.Cl.Cl. The molecular weight excluding hydrogens is 377 g/mol. The number of amides is 1. The van der Waals surface area contributed by atoms with Gasteiger partial charge in [-0.25, -0.2) is 4.98 Å². The van der Waals surface area contributed by atoms with Crippen LogP contribution in [0.1, 0.15) is 60.5 Å². The number of nitrogens with zero attached hydrogens (tertiary/aromatic N) is 2. The Morgan fingerprint density at radius 1 is 1.20 bits per heavy atom. The summed E-state index contributed by atoms with van der Waals surface area (Å²) in [7, 11) is 1.94. The molecule has 2 heterocycles. The second-order valence-corrected chi connectivity index (χ2v) is 8.65. The number of halogens is 2. The predicted octanol–water partition coefficient (Wildman–Crippen LogP) is 3.74. The van der Waals surface area contributed by atoms with E-state index in [1.165, 1.54) is 55.5 Å². The molecule has 4 rings (SSSR count). The Bertz CT molecular complexity index is 557. The number of carbonyl (C=O) groups is 1. The number of likely N-dealkylation sites (N-methyl/N-ethyl adjacent to an activating group) is 1. The van der Waals surface area contributed by atoms with Crippen molar-refractivity contribution in [1.29, 1.82) is 0 Å². The van der Waals surface area contributed by atoms with Crippen LogP contribution in [0.4, 0.5) is 0 Å². The molecule has 1 saturated carbocycles. The minimum absolute atomic E-state index is 0. The summed E-state index contributed by atoms with van der Waals surface area (Å²) in [5.74, 6) is 0.978. The summed E-state index contributed by atoms with van der Waals surface area (Å²) in [6.07, 6.45) is 11.1. The summed E-state index contributed by atoms with van der Waals surface area (Å²) in [4.78, 5) is 20.9. The van der Waals surface area contributed by atoms with Gasteiger partial charge in [0, 0.05) is 18.0 Å². The van der Waals surface area contributed by atoms with Crippen LogP contribution in [-0.4, -0.2) is 34.9 Å². The molecule has 1 saturated heterocycles. The molecule has 0 aromatic carbocycles. The fraction of sp³-hybridized carbons (Fsp3) is 0.778. The van der Waals surface area contributed by atoms with Crippen LogP contribution >= 0.6 is 36.2 Å². The molecule has 3 atom stereocenters. The summed E-state index contributed by atoms with van der Waals surface area (Å²) in [5.41, 5.74) is 1.29. The van der Waals surface area contributed by atoms with Gasteiger partial charge in [0.2, 0.25) is 5.91 Å². The summed E-state index contributed by atoms with van der Waals surface area (Å²) in [6, 6.07) is 0.612. The van der Waals surface area contributed by atoms with Gasteiger partial charge in [-0.15, -0.1) is 36.2 Å². The Morgan fingerprint density at radius 3 is 2.72 bits per heavy atom. The molecule has 1 aliphatic heterocycles. The fourth-order valence-electron chi connectivity index (χ4n) is 4.53. The van der Waals surface area contributed by atoms with Gasteiger partial charge >= 0.3 is 0 Å². The molecule has 0 spiro atoms. The van der Waals surface area contributed by atoms with Crippen LogP contribution in [0.2, 0.25) is 0 Å². The second kappa shape index (κ2) is 9.03. The van der Waals surface area contributed by atoms with E-state index in [0.29, 0.717) is 12.6 Å². The Kier molecular flexibility index (Phi) is 7.56. The number of aryl methyl sites for hydroxylation is 2. The van der Waals surface area contributed by atoms with Crippen LogP contribution < -0.4 is 5.32 Å². The molecule has 1 amide bonds. The third-order valence-electron chi connectivity index (χ3n) is 5.80. The van der Waals surface area contributed by atoms with E-state index in [2.05, 4.69) is 5.32 Å². The summed E-state index contributed by atoms with van der Waals surface area (Å²) in [6.45, 7) is 0.671. The number of hydrogen-bond acceptors (Lipinski definition) is 4. The lowest BCUT2D eigenvalue weighted by molar-refractivity contribution is -0.132. The molecule has 0 bridgehead atoms. The normalized spacial score (nSPS) is 27.5. The van der Waals surface area contributed by atoms with E-state index in [1.807, 2.05) is 23.3 Å². The molecule has 2 fully saturated rings. The van der Waals surface area contributed by atoms with Crippen molar-refractivity contribution in [1.82, 2.24) is 15.2 Å². The van der Waals surface area contributed by atoms with Crippen LogP contribution in [0, 0.1) is 5.92 Å². The van der Waals surface area contributed by atoms with Crippen LogP contribution in [0.3, 0.4) is 0 Å². The first-order chi connectivity index (χ1) is 11.2. The topological polar surface area (TPSA) is 45.2 Å². The Morgan fingerprint density at radius 2 is 1.96 bits per heavy atom. The smallest absolute Gasteiger partial charge is 0.239 e. The van der Waals surface area contributed by atoms with E-state index in [9.17, 15) is 4.79 Å². The number of nitrogens with one attached hydrogen (secondary N) is 1. The minimum atomic E-state index is 0. The molecule has 2 aliphatic carbocycles. The molecule has 4 nitrogen and oxygen atoms in total. The van der Waals surface area contributed by atoms with Gasteiger partial charge in [0.15, 0.2) is 0 Å². The average molecular weight is 406 g/mol. The van der Waals surface area contributed by atoms with Gasteiger partial charge in [0.05, 0.1) is 18.3 Å². The Labute approximate surface area is 167 Å². The highest BCUT2D eigenvalue weighted by atomic mass is 35.5. The summed E-state index contributed by atoms with van der Waals surface area (Å²) >= 11 is 1.82. The van der Waals surface area contributed by atoms with Crippen molar-refractivity contribution < 1.29 is 4.79 Å². The van der Waals surface area contributed by atoms with Gasteiger partial charge in [-0.05, 0) is 50.9 Å². The first-order valence-electron chi connectivity index (χ1n) is 9.19. The van der Waals surface area contributed by atoms with Gasteiger partial charge in [-0.3, -0.25) is 4.79 Å². The van der Waals surface area contributed by atoms with Gasteiger partial charge < -0.3 is 10.2 Å². The van der Waals surface area contributed by atoms with Gasteiger partial charge in [0.1, 0.15) is 5.01 Å². The van der Waals surface area contributed by atoms with Crippen molar-refractivity contribution in [3.05, 3.63) is 15.6 Å². The quantitative estimate of drug-likeness (QED) is 0.832. The fourth-order valence-corrected chi connectivity index (χ4v) is 5.74. The highest BCUT2D eigenvalue weighted by Gasteiger charge is 2.39. The molecular formula is C18H29Cl2N3OS. The van der Waals surface area contributed by atoms with E-state index in [-0.39, 0.29) is 36.8 Å². The Balaban J connectivity index is 0.00000113. The summed E-state index contributed by atoms with van der Waals surface area (Å²) in [5, 5.41) is 4.71. The standard InChI is InChI=1S/C18H27N3OS.2ClH/c1-21(11-17-20-14-8-4-5-9-16(14)23-17)18(22)15-10-12-6-2-3-7-13(12)19-15;;/h12-13,15,19H,2-11H2,1H3;2*1H. The second-order valence-electron chi connectivity index (χ2n) is 7.48. The largest absolute Gasteiger partial charge is 0.338 e. The van der Waals surface area contributed by atoms with E-state index in [0.717, 1.165) is 23.8 Å². The van der Waals surface area contributed by atoms with Crippen molar-refractivity contribution in [2.45, 2.75) is 76.4 Å². The maximum atomic E-state index is 12.8. The van der Waals surface area contributed by atoms with Gasteiger partial charge in [0.25, 0.3) is 0 Å². The van der Waals surface area contributed by atoms with Crippen LogP contribution in [0.15, 0.2) is 0 Å². The molecule has 3 unspecified atom stereocenters. The predicted molar refractivity (Wildman–Crippen MR) is 107 cm³/mol. The lowest BCUT2D eigenvalue weighted by Gasteiger charge is -2.24. The van der Waals surface area contributed by atoms with Crippen molar-refractivity contribution in [2.24, 2.45) is 5.92 Å². The number of rotatable bonds is 3. The van der Waals surface area contributed by atoms with Crippen molar-refractivity contribution >= 4 is 42.1 Å². The zero-order chi connectivity index (χ0) is 15.8. The van der Waals surface area contributed by atoms with Gasteiger partial charge in [-0.1, -0.05) is 12.8 Å².